The summed E-state index contributed by atoms with van der Waals surface area (Å²) in [6.07, 6.45) is 0. The molecule has 2 heterocycles. The number of benzene rings is 1. The molecular formula is C13H14BrNOS. The Bertz CT molecular complexity index is 519. The number of morpholine rings is 1. The van der Waals surface area contributed by atoms with E-state index in [0.717, 1.165) is 37.3 Å². The molecule has 0 bridgehead atoms. The molecule has 0 N–H and O–H groups in total. The van der Waals surface area contributed by atoms with Gasteiger partial charge in [0, 0.05) is 33.7 Å². The van der Waals surface area contributed by atoms with Crippen molar-refractivity contribution in [1.82, 2.24) is 4.90 Å². The van der Waals surface area contributed by atoms with E-state index in [1.165, 1.54) is 15.0 Å². The first-order chi connectivity index (χ1) is 8.31. The zero-order chi connectivity index (χ0) is 11.7. The van der Waals surface area contributed by atoms with Crippen LogP contribution in [0, 0.1) is 0 Å². The third-order valence-corrected chi connectivity index (χ3v) is 4.59. The summed E-state index contributed by atoms with van der Waals surface area (Å²) < 4.78 is 7.89. The molecule has 0 spiro atoms. The maximum atomic E-state index is 5.37. The van der Waals surface area contributed by atoms with Crippen molar-refractivity contribution in [1.29, 1.82) is 0 Å². The van der Waals surface area contributed by atoms with Crippen molar-refractivity contribution < 1.29 is 4.74 Å². The lowest BCUT2D eigenvalue weighted by atomic mass is 10.2. The molecule has 4 heteroatoms. The van der Waals surface area contributed by atoms with Crippen LogP contribution in [0.3, 0.4) is 0 Å². The Kier molecular flexibility index (Phi) is 3.47. The Morgan fingerprint density at radius 2 is 2.06 bits per heavy atom. The van der Waals surface area contributed by atoms with Crippen molar-refractivity contribution in [3.63, 3.8) is 0 Å². The monoisotopic (exact) mass is 311 g/mol. The molecule has 1 saturated heterocycles. The van der Waals surface area contributed by atoms with Crippen LogP contribution in [0.15, 0.2) is 28.7 Å². The van der Waals surface area contributed by atoms with E-state index in [0.29, 0.717) is 0 Å². The van der Waals surface area contributed by atoms with Gasteiger partial charge in [-0.2, -0.15) is 0 Å². The summed E-state index contributed by atoms with van der Waals surface area (Å²) in [7, 11) is 0. The largest absolute Gasteiger partial charge is 0.379 e. The van der Waals surface area contributed by atoms with E-state index in [1.54, 1.807) is 0 Å². The van der Waals surface area contributed by atoms with Crippen molar-refractivity contribution in [3.05, 3.63) is 33.6 Å². The van der Waals surface area contributed by atoms with Gasteiger partial charge in [0.05, 0.1) is 13.2 Å². The Balaban J connectivity index is 1.80. The van der Waals surface area contributed by atoms with Crippen LogP contribution in [0.4, 0.5) is 0 Å². The number of thiophene rings is 1. The van der Waals surface area contributed by atoms with Gasteiger partial charge in [0.2, 0.25) is 0 Å². The van der Waals surface area contributed by atoms with Gasteiger partial charge >= 0.3 is 0 Å². The average molecular weight is 312 g/mol. The minimum absolute atomic E-state index is 0.871. The maximum absolute atomic E-state index is 5.37. The standard InChI is InChI=1S/C13H14BrNOS/c14-11-2-1-10-7-12(17-13(10)8-11)9-15-3-5-16-6-4-15/h1-2,7-8H,3-6,9H2. The second-order valence-corrected chi connectivity index (χ2v) is 6.37. The van der Waals surface area contributed by atoms with Gasteiger partial charge in [0.25, 0.3) is 0 Å². The second-order valence-electron chi connectivity index (χ2n) is 4.28. The molecular weight excluding hydrogens is 298 g/mol. The van der Waals surface area contributed by atoms with Gasteiger partial charge in [0.1, 0.15) is 0 Å². The predicted molar refractivity (Wildman–Crippen MR) is 75.6 cm³/mol. The zero-order valence-corrected chi connectivity index (χ0v) is 11.9. The highest BCUT2D eigenvalue weighted by atomic mass is 79.9. The maximum Gasteiger partial charge on any atom is 0.0594 e. The van der Waals surface area contributed by atoms with E-state index >= 15 is 0 Å². The van der Waals surface area contributed by atoms with Gasteiger partial charge < -0.3 is 4.74 Å². The Morgan fingerprint density at radius 3 is 2.88 bits per heavy atom. The fraction of sp³-hybridized carbons (Fsp3) is 0.385. The fourth-order valence-electron chi connectivity index (χ4n) is 2.12. The third kappa shape index (κ3) is 2.71. The van der Waals surface area contributed by atoms with Crippen LogP contribution in [0.25, 0.3) is 10.1 Å². The second kappa shape index (κ2) is 5.06. The minimum atomic E-state index is 0.871. The van der Waals surface area contributed by atoms with E-state index < -0.39 is 0 Å². The molecule has 1 aromatic carbocycles. The summed E-state index contributed by atoms with van der Waals surface area (Å²) in [4.78, 5) is 3.91. The van der Waals surface area contributed by atoms with Crippen molar-refractivity contribution in [3.8, 4) is 0 Å². The summed E-state index contributed by atoms with van der Waals surface area (Å²) in [6.45, 7) is 4.91. The topological polar surface area (TPSA) is 12.5 Å². The van der Waals surface area contributed by atoms with Gasteiger partial charge in [-0.3, -0.25) is 4.90 Å². The van der Waals surface area contributed by atoms with E-state index in [-0.39, 0.29) is 0 Å². The Hall–Kier alpha value is -0.420. The van der Waals surface area contributed by atoms with Gasteiger partial charge in [-0.05, 0) is 23.6 Å². The van der Waals surface area contributed by atoms with Crippen LogP contribution in [0.1, 0.15) is 4.88 Å². The Morgan fingerprint density at radius 1 is 1.24 bits per heavy atom. The molecule has 2 nitrogen and oxygen atoms in total. The Labute approximate surface area is 113 Å². The number of hydrogen-bond acceptors (Lipinski definition) is 3. The summed E-state index contributed by atoms with van der Waals surface area (Å²) in [6, 6.07) is 8.79. The molecule has 0 atom stereocenters. The fourth-order valence-corrected chi connectivity index (χ4v) is 3.78. The highest BCUT2D eigenvalue weighted by molar-refractivity contribution is 9.10. The van der Waals surface area contributed by atoms with E-state index in [4.69, 9.17) is 4.74 Å². The number of halogens is 1. The molecule has 3 rings (SSSR count). The molecule has 0 amide bonds. The molecule has 0 unspecified atom stereocenters. The number of nitrogens with zero attached hydrogens (tertiary/aromatic N) is 1. The highest BCUT2D eigenvalue weighted by Gasteiger charge is 2.12. The lowest BCUT2D eigenvalue weighted by Crippen LogP contribution is -2.35. The number of hydrogen-bond donors (Lipinski definition) is 0. The third-order valence-electron chi connectivity index (χ3n) is 3.02. The molecule has 0 radical (unpaired) electrons. The molecule has 0 aliphatic carbocycles. The lowest BCUT2D eigenvalue weighted by molar-refractivity contribution is 0.0346. The highest BCUT2D eigenvalue weighted by Crippen LogP contribution is 2.29. The summed E-state index contributed by atoms with van der Waals surface area (Å²) in [5, 5.41) is 1.35. The first kappa shape index (κ1) is 11.7. The van der Waals surface area contributed by atoms with E-state index in [1.807, 2.05) is 11.3 Å². The van der Waals surface area contributed by atoms with Crippen LogP contribution in [-0.2, 0) is 11.3 Å². The minimum Gasteiger partial charge on any atom is -0.379 e. The quantitative estimate of drug-likeness (QED) is 0.841. The van der Waals surface area contributed by atoms with Gasteiger partial charge in [0.15, 0.2) is 0 Å². The molecule has 17 heavy (non-hydrogen) atoms. The van der Waals surface area contributed by atoms with Crippen LogP contribution in [0.5, 0.6) is 0 Å². The van der Waals surface area contributed by atoms with Gasteiger partial charge in [-0.1, -0.05) is 22.0 Å². The molecule has 1 aliphatic heterocycles. The average Bonchev–Trinajstić information content (AvgIpc) is 2.71. The molecule has 90 valence electrons. The number of ether oxygens (including phenoxy) is 1. The van der Waals surface area contributed by atoms with E-state index in [2.05, 4.69) is 45.1 Å². The van der Waals surface area contributed by atoms with Crippen LogP contribution < -0.4 is 0 Å². The lowest BCUT2D eigenvalue weighted by Gasteiger charge is -2.25. The van der Waals surface area contributed by atoms with Gasteiger partial charge in [-0.15, -0.1) is 11.3 Å². The molecule has 1 aliphatic rings. The van der Waals surface area contributed by atoms with E-state index in [9.17, 15) is 0 Å². The first-order valence-electron chi connectivity index (χ1n) is 5.79. The van der Waals surface area contributed by atoms with Gasteiger partial charge in [-0.25, -0.2) is 0 Å². The molecule has 0 saturated carbocycles. The molecule has 1 aromatic heterocycles. The normalized spacial score (nSPS) is 17.7. The SMILES string of the molecule is Brc1ccc2cc(CN3CCOCC3)sc2c1. The summed E-state index contributed by atoms with van der Waals surface area (Å²) in [5.74, 6) is 0. The van der Waals surface area contributed by atoms with Crippen molar-refractivity contribution in [2.45, 2.75) is 6.54 Å². The number of fused-ring (bicyclic) bond motifs is 1. The predicted octanol–water partition coefficient (Wildman–Crippen LogP) is 3.50. The first-order valence-corrected chi connectivity index (χ1v) is 7.40. The number of rotatable bonds is 2. The zero-order valence-electron chi connectivity index (χ0n) is 9.49. The van der Waals surface area contributed by atoms with Crippen LogP contribution >= 0.6 is 27.3 Å². The van der Waals surface area contributed by atoms with Crippen molar-refractivity contribution >= 4 is 37.4 Å². The van der Waals surface area contributed by atoms with Crippen molar-refractivity contribution in [2.24, 2.45) is 0 Å². The van der Waals surface area contributed by atoms with Crippen LogP contribution in [0.2, 0.25) is 0 Å². The molecule has 1 fully saturated rings. The van der Waals surface area contributed by atoms with Crippen molar-refractivity contribution in [2.75, 3.05) is 26.3 Å². The molecule has 2 aromatic rings. The summed E-state index contributed by atoms with van der Waals surface area (Å²) >= 11 is 5.41. The smallest absolute Gasteiger partial charge is 0.0594 e. The van der Waals surface area contributed by atoms with Crippen LogP contribution in [-0.4, -0.2) is 31.2 Å². The summed E-state index contributed by atoms with van der Waals surface area (Å²) in [5.41, 5.74) is 0.